The predicted octanol–water partition coefficient (Wildman–Crippen LogP) is 6.14. The van der Waals surface area contributed by atoms with Gasteiger partial charge in [-0.3, -0.25) is 0 Å². The van der Waals surface area contributed by atoms with E-state index < -0.39 is 0 Å². The van der Waals surface area contributed by atoms with Crippen molar-refractivity contribution in [3.63, 3.8) is 0 Å². The van der Waals surface area contributed by atoms with Gasteiger partial charge >= 0.3 is 0 Å². The molecule has 1 radical (unpaired) electrons. The van der Waals surface area contributed by atoms with Crippen molar-refractivity contribution in [3.05, 3.63) is 59.2 Å². The number of ether oxygens (including phenoxy) is 4. The summed E-state index contributed by atoms with van der Waals surface area (Å²) in [6.07, 6.45) is 1.89. The Morgan fingerprint density at radius 1 is 0.867 bits per heavy atom. The molecule has 0 fully saturated rings. The molecule has 0 saturated carbocycles. The van der Waals surface area contributed by atoms with E-state index in [-0.39, 0.29) is 6.79 Å². The third-order valence-corrected chi connectivity index (χ3v) is 5.51. The Hall–Kier alpha value is -3.14. The van der Waals surface area contributed by atoms with Crippen LogP contribution in [-0.4, -0.2) is 21.0 Å². The molecule has 1 heterocycles. The van der Waals surface area contributed by atoms with Crippen LogP contribution in [0.15, 0.2) is 36.4 Å². The summed E-state index contributed by atoms with van der Waals surface area (Å²) < 4.78 is 22.8. The monoisotopic (exact) mass is 403 g/mol. The molecule has 0 spiro atoms. The van der Waals surface area contributed by atoms with Crippen LogP contribution >= 0.6 is 0 Å². The average molecular weight is 403 g/mol. The predicted molar refractivity (Wildman–Crippen MR) is 119 cm³/mol. The molecule has 155 valence electrons. The summed E-state index contributed by atoms with van der Waals surface area (Å²) in [5.74, 6) is 3.34. The highest BCUT2D eigenvalue weighted by atomic mass is 16.7. The van der Waals surface area contributed by atoms with Crippen LogP contribution in [0.4, 0.5) is 0 Å². The Labute approximate surface area is 178 Å². The van der Waals surface area contributed by atoms with Gasteiger partial charge in [0.05, 0.1) is 14.2 Å². The molecule has 0 saturated heterocycles. The van der Waals surface area contributed by atoms with Crippen molar-refractivity contribution in [1.29, 1.82) is 0 Å². The van der Waals surface area contributed by atoms with E-state index in [0.29, 0.717) is 0 Å². The first-order valence-corrected chi connectivity index (χ1v) is 10.2. The summed E-state index contributed by atoms with van der Waals surface area (Å²) >= 11 is 0. The highest BCUT2D eigenvalue weighted by molar-refractivity contribution is 5.91. The Morgan fingerprint density at radius 2 is 1.47 bits per heavy atom. The van der Waals surface area contributed by atoms with E-state index in [1.54, 1.807) is 14.2 Å². The lowest BCUT2D eigenvalue weighted by molar-refractivity contribution is 0.173. The van der Waals surface area contributed by atoms with Crippen molar-refractivity contribution >= 4 is 0 Å². The zero-order valence-electron chi connectivity index (χ0n) is 18.2. The maximum absolute atomic E-state index is 6.01. The molecule has 30 heavy (non-hydrogen) atoms. The van der Waals surface area contributed by atoms with E-state index in [2.05, 4.69) is 44.2 Å². The zero-order valence-corrected chi connectivity index (χ0v) is 18.2. The Kier molecular flexibility index (Phi) is 5.58. The Bertz CT molecular complexity index is 1080. The summed E-state index contributed by atoms with van der Waals surface area (Å²) in [6.45, 7) is 6.49. The van der Waals surface area contributed by atoms with Gasteiger partial charge in [0, 0.05) is 16.7 Å². The van der Waals surface area contributed by atoms with Crippen molar-refractivity contribution in [2.75, 3.05) is 21.0 Å². The van der Waals surface area contributed by atoms with Gasteiger partial charge in [0.1, 0.15) is 11.5 Å². The van der Waals surface area contributed by atoms with Gasteiger partial charge in [0.25, 0.3) is 0 Å². The van der Waals surface area contributed by atoms with E-state index in [9.17, 15) is 0 Å². The SMILES string of the molecule is CCCc1[c]c(-c2ccc(OC)c(C)c2)c(-c2ccc(OC)c(C)c2)c2c1OCO2. The fraction of sp³-hybridized carbons (Fsp3) is 0.308. The van der Waals surface area contributed by atoms with Crippen LogP contribution in [0.2, 0.25) is 0 Å². The highest BCUT2D eigenvalue weighted by Gasteiger charge is 2.27. The van der Waals surface area contributed by atoms with Gasteiger partial charge in [0.15, 0.2) is 11.5 Å². The Morgan fingerprint density at radius 3 is 2.07 bits per heavy atom. The molecule has 0 atom stereocenters. The summed E-state index contributed by atoms with van der Waals surface area (Å²) in [4.78, 5) is 0. The van der Waals surface area contributed by atoms with Gasteiger partial charge in [-0.2, -0.15) is 0 Å². The number of aryl methyl sites for hydroxylation is 3. The lowest BCUT2D eigenvalue weighted by atomic mass is 9.89. The first-order valence-electron chi connectivity index (χ1n) is 10.2. The quantitative estimate of drug-likeness (QED) is 0.496. The molecule has 3 aromatic rings. The second kappa shape index (κ2) is 8.31. The number of rotatable bonds is 6. The molecule has 4 rings (SSSR count). The molecule has 0 aliphatic carbocycles. The zero-order chi connectivity index (χ0) is 21.3. The minimum Gasteiger partial charge on any atom is -0.496 e. The highest BCUT2D eigenvalue weighted by Crippen LogP contribution is 2.50. The third kappa shape index (κ3) is 3.47. The van der Waals surface area contributed by atoms with Crippen LogP contribution in [0, 0.1) is 19.9 Å². The van der Waals surface area contributed by atoms with Crippen LogP contribution < -0.4 is 18.9 Å². The van der Waals surface area contributed by atoms with Gasteiger partial charge in [-0.05, 0) is 72.9 Å². The summed E-state index contributed by atoms with van der Waals surface area (Å²) in [6, 6.07) is 16.1. The summed E-state index contributed by atoms with van der Waals surface area (Å²) in [5, 5.41) is 0. The molecule has 1 aliphatic rings. The molecular weight excluding hydrogens is 376 g/mol. The van der Waals surface area contributed by atoms with Gasteiger partial charge in [-0.25, -0.2) is 0 Å². The van der Waals surface area contributed by atoms with Crippen LogP contribution in [0.1, 0.15) is 30.0 Å². The molecule has 0 N–H and O–H groups in total. The van der Waals surface area contributed by atoms with Crippen molar-refractivity contribution < 1.29 is 18.9 Å². The van der Waals surface area contributed by atoms with Crippen molar-refractivity contribution in [1.82, 2.24) is 0 Å². The molecule has 0 aromatic heterocycles. The molecule has 1 aliphatic heterocycles. The van der Waals surface area contributed by atoms with E-state index in [1.807, 2.05) is 19.1 Å². The van der Waals surface area contributed by atoms with Gasteiger partial charge in [0.2, 0.25) is 6.79 Å². The standard InChI is InChI=1S/C26H27O4/c1-6-7-20-14-21(18-8-10-22(27-4)16(2)12-18)24(26-25(20)29-15-30-26)19-9-11-23(28-5)17(3)13-19/h8-13H,6-7,15H2,1-5H3. The van der Waals surface area contributed by atoms with Crippen LogP contribution in [0.5, 0.6) is 23.0 Å². The van der Waals surface area contributed by atoms with E-state index in [0.717, 1.165) is 74.8 Å². The van der Waals surface area contributed by atoms with Gasteiger partial charge < -0.3 is 18.9 Å². The van der Waals surface area contributed by atoms with Crippen LogP contribution in [0.3, 0.4) is 0 Å². The molecule has 0 amide bonds. The second-order valence-corrected chi connectivity index (χ2v) is 7.54. The molecular formula is C26H27O4. The van der Waals surface area contributed by atoms with Crippen LogP contribution in [0.25, 0.3) is 22.3 Å². The van der Waals surface area contributed by atoms with Crippen molar-refractivity contribution in [2.45, 2.75) is 33.6 Å². The smallest absolute Gasteiger partial charge is 0.231 e. The number of benzene rings is 3. The molecule has 4 nitrogen and oxygen atoms in total. The van der Waals surface area contributed by atoms with Crippen molar-refractivity contribution in [2.24, 2.45) is 0 Å². The summed E-state index contributed by atoms with van der Waals surface area (Å²) in [5.41, 5.74) is 7.34. The normalized spacial score (nSPS) is 12.2. The van der Waals surface area contributed by atoms with Gasteiger partial charge in [-0.1, -0.05) is 25.5 Å². The van der Waals surface area contributed by atoms with Crippen molar-refractivity contribution in [3.8, 4) is 45.3 Å². The van der Waals surface area contributed by atoms with E-state index in [1.165, 1.54) is 0 Å². The molecule has 0 bridgehead atoms. The first-order chi connectivity index (χ1) is 14.6. The Balaban J connectivity index is 1.99. The maximum Gasteiger partial charge on any atom is 0.231 e. The fourth-order valence-corrected chi connectivity index (χ4v) is 4.06. The topological polar surface area (TPSA) is 36.9 Å². The fourth-order valence-electron chi connectivity index (χ4n) is 4.06. The maximum atomic E-state index is 6.01. The van der Waals surface area contributed by atoms with Crippen LogP contribution in [-0.2, 0) is 6.42 Å². The van der Waals surface area contributed by atoms with Gasteiger partial charge in [-0.15, -0.1) is 0 Å². The minimum absolute atomic E-state index is 0.229. The number of hydrogen-bond donors (Lipinski definition) is 0. The molecule has 3 aromatic carbocycles. The lowest BCUT2D eigenvalue weighted by Gasteiger charge is -2.18. The minimum atomic E-state index is 0.229. The number of hydrogen-bond acceptors (Lipinski definition) is 4. The number of methoxy groups -OCH3 is 2. The third-order valence-electron chi connectivity index (χ3n) is 5.51. The lowest BCUT2D eigenvalue weighted by Crippen LogP contribution is -1.96. The number of fused-ring (bicyclic) bond motifs is 1. The average Bonchev–Trinajstić information content (AvgIpc) is 3.23. The molecule has 4 heteroatoms. The van der Waals surface area contributed by atoms with E-state index in [4.69, 9.17) is 18.9 Å². The largest absolute Gasteiger partial charge is 0.496 e. The van der Waals surface area contributed by atoms with E-state index >= 15 is 0 Å². The second-order valence-electron chi connectivity index (χ2n) is 7.54. The summed E-state index contributed by atoms with van der Waals surface area (Å²) in [7, 11) is 3.38. The molecule has 0 unspecified atom stereocenters. The first kappa shape index (κ1) is 20.1.